The second-order valence-electron chi connectivity index (χ2n) is 8.58. The van der Waals surface area contributed by atoms with E-state index in [1.54, 1.807) is 7.11 Å². The van der Waals surface area contributed by atoms with E-state index in [2.05, 4.69) is 27.2 Å². The number of benzene rings is 2. The molecule has 3 rings (SSSR count). The van der Waals surface area contributed by atoms with Crippen molar-refractivity contribution < 1.29 is 17.9 Å². The van der Waals surface area contributed by atoms with Crippen molar-refractivity contribution in [2.24, 2.45) is 0 Å². The first-order valence-corrected chi connectivity index (χ1v) is 14.7. The van der Waals surface area contributed by atoms with Gasteiger partial charge in [0.05, 0.1) is 12.9 Å². The maximum absolute atomic E-state index is 13.2. The number of aromatic nitrogens is 2. The van der Waals surface area contributed by atoms with Crippen LogP contribution in [0.4, 0.5) is 5.13 Å². The molecule has 2 N–H and O–H groups in total. The minimum absolute atomic E-state index is 0.00348. The molecule has 0 saturated carbocycles. The maximum atomic E-state index is 13.2. The molecule has 0 fully saturated rings. The predicted molar refractivity (Wildman–Crippen MR) is 145 cm³/mol. The van der Waals surface area contributed by atoms with Gasteiger partial charge in [-0.05, 0) is 30.5 Å². The van der Waals surface area contributed by atoms with Crippen LogP contribution in [-0.2, 0) is 21.2 Å². The van der Waals surface area contributed by atoms with Crippen LogP contribution in [0.5, 0.6) is 5.75 Å². The number of nitrogens with one attached hydrogen (secondary N) is 2. The number of ether oxygens (including phenoxy) is 1. The van der Waals surface area contributed by atoms with Crippen molar-refractivity contribution in [1.29, 1.82) is 0 Å². The first-order chi connectivity index (χ1) is 17.4. The summed E-state index contributed by atoms with van der Waals surface area (Å²) in [7, 11) is -2.05. The summed E-state index contributed by atoms with van der Waals surface area (Å²) in [5, 5.41) is 11.9. The molecule has 0 saturated heterocycles. The van der Waals surface area contributed by atoms with Gasteiger partial charge in [-0.15, -0.1) is 10.2 Å². The van der Waals surface area contributed by atoms with E-state index in [1.807, 2.05) is 54.6 Å². The van der Waals surface area contributed by atoms with Gasteiger partial charge in [-0.1, -0.05) is 92.8 Å². The van der Waals surface area contributed by atoms with Crippen LogP contribution in [0.15, 0.2) is 54.6 Å². The minimum atomic E-state index is -3.63. The molecule has 0 aliphatic rings. The van der Waals surface area contributed by atoms with Crippen molar-refractivity contribution in [2.45, 2.75) is 57.9 Å². The number of carbonyl (C=O) groups is 1. The van der Waals surface area contributed by atoms with Gasteiger partial charge >= 0.3 is 0 Å². The average Bonchev–Trinajstić information content (AvgIpc) is 3.35. The number of nitrogens with zero attached hydrogens (tertiary/aromatic N) is 2. The van der Waals surface area contributed by atoms with Crippen molar-refractivity contribution in [2.75, 3.05) is 18.2 Å². The number of hydrogen-bond donors (Lipinski definition) is 2. The van der Waals surface area contributed by atoms with E-state index in [0.29, 0.717) is 22.3 Å². The van der Waals surface area contributed by atoms with Crippen molar-refractivity contribution >= 4 is 32.4 Å². The fourth-order valence-electron chi connectivity index (χ4n) is 3.72. The van der Waals surface area contributed by atoms with Gasteiger partial charge in [-0.2, -0.15) is 0 Å². The molecular weight excluding hydrogens is 496 g/mol. The summed E-state index contributed by atoms with van der Waals surface area (Å²) in [6, 6.07) is 15.8. The zero-order valence-corrected chi connectivity index (χ0v) is 22.4. The first-order valence-electron chi connectivity index (χ1n) is 12.2. The van der Waals surface area contributed by atoms with E-state index in [4.69, 9.17) is 4.74 Å². The van der Waals surface area contributed by atoms with Gasteiger partial charge in [-0.25, -0.2) is 13.1 Å². The van der Waals surface area contributed by atoms with Crippen LogP contribution in [0.1, 0.15) is 51.0 Å². The summed E-state index contributed by atoms with van der Waals surface area (Å²) < 4.78 is 33.5. The first kappa shape index (κ1) is 27.8. The second kappa shape index (κ2) is 14.1. The highest BCUT2D eigenvalue weighted by atomic mass is 32.2. The Balaban J connectivity index is 1.67. The number of amides is 1. The number of unbranched alkanes of at least 4 members (excludes halogenated alkanes) is 5. The fourth-order valence-corrected chi connectivity index (χ4v) is 5.79. The van der Waals surface area contributed by atoms with E-state index in [-0.39, 0.29) is 12.2 Å². The summed E-state index contributed by atoms with van der Waals surface area (Å²) in [4.78, 5) is 13.2. The molecule has 1 heterocycles. The molecule has 1 atom stereocenters. The molecule has 2 aromatic carbocycles. The maximum Gasteiger partial charge on any atom is 0.244 e. The van der Waals surface area contributed by atoms with Crippen LogP contribution in [-0.4, -0.2) is 43.4 Å². The zero-order chi connectivity index (χ0) is 25.8. The van der Waals surface area contributed by atoms with Gasteiger partial charge in [0, 0.05) is 5.56 Å². The molecule has 0 aliphatic heterocycles. The molecule has 3 aromatic rings. The lowest BCUT2D eigenvalue weighted by molar-refractivity contribution is -0.117. The standard InChI is InChI=1S/C26H34N4O4S2/c1-3-4-5-6-7-11-17-36(32,33)30-23(18-20-13-9-8-10-14-20)24(31)27-26-29-28-25(35-26)21-15-12-16-22(19-21)34-2/h8-10,12-16,19,23,30H,3-7,11,17-18H2,1-2H3,(H,27,29,31). The molecular formula is C26H34N4O4S2. The lowest BCUT2D eigenvalue weighted by atomic mass is 10.1. The molecule has 1 unspecified atom stereocenters. The predicted octanol–water partition coefficient (Wildman–Crippen LogP) is 5.04. The Hall–Kier alpha value is -2.82. The van der Waals surface area contributed by atoms with E-state index >= 15 is 0 Å². The number of anilines is 1. The zero-order valence-electron chi connectivity index (χ0n) is 20.8. The van der Waals surface area contributed by atoms with Crippen LogP contribution in [0.3, 0.4) is 0 Å². The van der Waals surface area contributed by atoms with E-state index in [0.717, 1.165) is 43.2 Å². The van der Waals surface area contributed by atoms with Crippen LogP contribution in [0, 0.1) is 0 Å². The summed E-state index contributed by atoms with van der Waals surface area (Å²) in [6.45, 7) is 2.15. The smallest absolute Gasteiger partial charge is 0.244 e. The lowest BCUT2D eigenvalue weighted by Crippen LogP contribution is -2.46. The SMILES string of the molecule is CCCCCCCCS(=O)(=O)NC(Cc1ccccc1)C(=O)Nc1nnc(-c2cccc(OC)c2)s1. The summed E-state index contributed by atoms with van der Waals surface area (Å²) >= 11 is 1.21. The van der Waals surface area contributed by atoms with Gasteiger partial charge in [0.15, 0.2) is 0 Å². The van der Waals surface area contributed by atoms with E-state index < -0.39 is 22.0 Å². The lowest BCUT2D eigenvalue weighted by Gasteiger charge is -2.18. The molecule has 0 aliphatic carbocycles. The normalized spacial score (nSPS) is 12.3. The topological polar surface area (TPSA) is 110 Å². The Kier molecular flexibility index (Phi) is 10.8. The molecule has 1 aromatic heterocycles. The third kappa shape index (κ3) is 9.00. The van der Waals surface area contributed by atoms with Crippen LogP contribution in [0.25, 0.3) is 10.6 Å². The van der Waals surface area contributed by atoms with Gasteiger partial charge < -0.3 is 4.74 Å². The van der Waals surface area contributed by atoms with Gasteiger partial charge in [0.2, 0.25) is 21.1 Å². The molecule has 1 amide bonds. The molecule has 0 radical (unpaired) electrons. The monoisotopic (exact) mass is 530 g/mol. The largest absolute Gasteiger partial charge is 0.497 e. The third-order valence-electron chi connectivity index (χ3n) is 5.66. The third-order valence-corrected chi connectivity index (χ3v) is 8.02. The Morgan fingerprint density at radius 3 is 2.50 bits per heavy atom. The van der Waals surface area contributed by atoms with E-state index in [9.17, 15) is 13.2 Å². The number of rotatable bonds is 15. The number of hydrogen-bond acceptors (Lipinski definition) is 7. The minimum Gasteiger partial charge on any atom is -0.497 e. The van der Waals surface area contributed by atoms with Gasteiger partial charge in [-0.3, -0.25) is 10.1 Å². The highest BCUT2D eigenvalue weighted by Gasteiger charge is 2.26. The number of carbonyl (C=O) groups excluding carboxylic acids is 1. The fraction of sp³-hybridized carbons (Fsp3) is 0.423. The second-order valence-corrected chi connectivity index (χ2v) is 11.4. The molecule has 8 nitrogen and oxygen atoms in total. The summed E-state index contributed by atoms with van der Waals surface area (Å²) in [6.07, 6.45) is 6.09. The van der Waals surface area contributed by atoms with Crippen LogP contribution >= 0.6 is 11.3 Å². The highest BCUT2D eigenvalue weighted by Crippen LogP contribution is 2.28. The molecule has 36 heavy (non-hydrogen) atoms. The van der Waals surface area contributed by atoms with Crippen LogP contribution in [0.2, 0.25) is 0 Å². The Morgan fingerprint density at radius 2 is 1.75 bits per heavy atom. The summed E-state index contributed by atoms with van der Waals surface area (Å²) in [5.41, 5.74) is 1.67. The summed E-state index contributed by atoms with van der Waals surface area (Å²) in [5.74, 6) is 0.214. The van der Waals surface area contributed by atoms with Gasteiger partial charge in [0.25, 0.3) is 0 Å². The van der Waals surface area contributed by atoms with Crippen molar-refractivity contribution in [3.05, 3.63) is 60.2 Å². The van der Waals surface area contributed by atoms with Crippen molar-refractivity contribution in [3.63, 3.8) is 0 Å². The molecule has 0 bridgehead atoms. The van der Waals surface area contributed by atoms with E-state index in [1.165, 1.54) is 11.3 Å². The Labute approximate surface area is 217 Å². The molecule has 0 spiro atoms. The van der Waals surface area contributed by atoms with Crippen molar-refractivity contribution in [3.8, 4) is 16.3 Å². The Morgan fingerprint density at radius 1 is 1.00 bits per heavy atom. The van der Waals surface area contributed by atoms with Crippen molar-refractivity contribution in [1.82, 2.24) is 14.9 Å². The van der Waals surface area contributed by atoms with Crippen LogP contribution < -0.4 is 14.8 Å². The van der Waals surface area contributed by atoms with Gasteiger partial charge in [0.1, 0.15) is 16.8 Å². The number of sulfonamides is 1. The quantitative estimate of drug-likeness (QED) is 0.266. The molecule has 10 heteroatoms. The highest BCUT2D eigenvalue weighted by molar-refractivity contribution is 7.89. The number of methoxy groups -OCH3 is 1. The molecule has 194 valence electrons. The average molecular weight is 531 g/mol. The Bertz CT molecular complexity index is 1200.